The van der Waals surface area contributed by atoms with Crippen LogP contribution in [0.5, 0.6) is 0 Å². The summed E-state index contributed by atoms with van der Waals surface area (Å²) >= 11 is 2.68. The summed E-state index contributed by atoms with van der Waals surface area (Å²) in [6.45, 7) is 4.43. The smallest absolute Gasteiger partial charge is 0.367 e. The zero-order valence-electron chi connectivity index (χ0n) is 11.7. The Bertz CT molecular complexity index is 636. The number of rotatable bonds is 6. The van der Waals surface area contributed by atoms with Crippen molar-refractivity contribution >= 4 is 34.6 Å². The number of ether oxygens (including phenoxy) is 1. The van der Waals surface area contributed by atoms with Gasteiger partial charge in [0.15, 0.2) is 0 Å². The molecule has 2 heterocycles. The minimum absolute atomic E-state index is 0.192. The molecule has 0 aromatic carbocycles. The van der Waals surface area contributed by atoms with Crippen LogP contribution in [0, 0.1) is 6.92 Å². The van der Waals surface area contributed by atoms with Crippen molar-refractivity contribution in [2.75, 3.05) is 13.2 Å². The van der Waals surface area contributed by atoms with Crippen LogP contribution in [0.15, 0.2) is 10.8 Å². The molecule has 6 nitrogen and oxygen atoms in total. The molecule has 2 aromatic rings. The lowest BCUT2D eigenvalue weighted by Gasteiger charge is -2.01. The van der Waals surface area contributed by atoms with E-state index in [0.717, 1.165) is 22.0 Å². The lowest BCUT2D eigenvalue weighted by molar-refractivity contribution is 0.0526. The summed E-state index contributed by atoms with van der Waals surface area (Å²) in [4.78, 5) is 31.7. The number of aromatic nitrogens is 2. The van der Waals surface area contributed by atoms with Crippen molar-refractivity contribution in [2.24, 2.45) is 0 Å². The van der Waals surface area contributed by atoms with Gasteiger partial charge in [-0.3, -0.25) is 4.79 Å². The lowest BCUT2D eigenvalue weighted by Crippen LogP contribution is -2.26. The molecule has 2 rings (SSSR count). The van der Waals surface area contributed by atoms with Crippen LogP contribution in [0.1, 0.15) is 37.9 Å². The molecule has 112 valence electrons. The van der Waals surface area contributed by atoms with E-state index < -0.39 is 5.97 Å². The zero-order valence-corrected chi connectivity index (χ0v) is 13.3. The number of amides is 1. The van der Waals surface area contributed by atoms with E-state index in [1.54, 1.807) is 23.6 Å². The van der Waals surface area contributed by atoms with Crippen LogP contribution in [0.25, 0.3) is 0 Å². The number of hydrogen-bond acceptors (Lipinski definition) is 7. The van der Waals surface area contributed by atoms with Crippen LogP contribution >= 0.6 is 22.7 Å². The first-order valence-electron chi connectivity index (χ1n) is 6.42. The molecule has 0 saturated carbocycles. The highest BCUT2D eigenvalue weighted by molar-refractivity contribution is 7.11. The number of thiazole rings is 2. The summed E-state index contributed by atoms with van der Waals surface area (Å²) in [5.74, 6) is -0.796. The predicted molar refractivity (Wildman–Crippen MR) is 81.0 cm³/mol. The Kier molecular flexibility index (Phi) is 5.40. The maximum Gasteiger partial charge on any atom is 0.367 e. The highest BCUT2D eigenvalue weighted by Crippen LogP contribution is 2.11. The van der Waals surface area contributed by atoms with Crippen molar-refractivity contribution < 1.29 is 14.3 Å². The molecule has 0 unspecified atom stereocenters. The van der Waals surface area contributed by atoms with Crippen LogP contribution in [0.3, 0.4) is 0 Å². The van der Waals surface area contributed by atoms with Crippen molar-refractivity contribution in [3.63, 3.8) is 0 Å². The van der Waals surface area contributed by atoms with E-state index in [9.17, 15) is 9.59 Å². The van der Waals surface area contributed by atoms with Crippen molar-refractivity contribution in [2.45, 2.75) is 20.3 Å². The SMILES string of the molecule is CCOC(=O)c1nc(C(=O)NCCc2nc(C)cs2)cs1. The monoisotopic (exact) mass is 325 g/mol. The molecule has 0 bridgehead atoms. The molecule has 0 spiro atoms. The van der Waals surface area contributed by atoms with Gasteiger partial charge in [-0.1, -0.05) is 0 Å². The predicted octanol–water partition coefficient (Wildman–Crippen LogP) is 2.06. The molecule has 8 heteroatoms. The van der Waals surface area contributed by atoms with E-state index in [1.165, 1.54) is 0 Å². The second-order valence-corrected chi connectivity index (χ2v) is 5.95. The minimum Gasteiger partial charge on any atom is -0.461 e. The highest BCUT2D eigenvalue weighted by Gasteiger charge is 2.16. The third-order valence-corrected chi connectivity index (χ3v) is 4.33. The van der Waals surface area contributed by atoms with Gasteiger partial charge in [-0.15, -0.1) is 22.7 Å². The third kappa shape index (κ3) is 4.33. The molecule has 1 N–H and O–H groups in total. The number of carbonyl (C=O) groups is 2. The number of nitrogens with zero attached hydrogens (tertiary/aromatic N) is 2. The summed E-state index contributed by atoms with van der Waals surface area (Å²) in [7, 11) is 0. The zero-order chi connectivity index (χ0) is 15.2. The normalized spacial score (nSPS) is 10.4. The van der Waals surface area contributed by atoms with Crippen LogP contribution in [0.2, 0.25) is 0 Å². The van der Waals surface area contributed by atoms with Gasteiger partial charge in [-0.25, -0.2) is 14.8 Å². The molecular formula is C13H15N3O3S2. The molecule has 2 aromatic heterocycles. The fourth-order valence-electron chi connectivity index (χ4n) is 1.56. The fraction of sp³-hybridized carbons (Fsp3) is 0.385. The number of esters is 1. The topological polar surface area (TPSA) is 81.2 Å². The Labute approximate surface area is 130 Å². The summed E-state index contributed by atoms with van der Waals surface area (Å²) in [5.41, 5.74) is 1.22. The summed E-state index contributed by atoms with van der Waals surface area (Å²) in [5, 5.41) is 7.46. The Morgan fingerprint density at radius 3 is 2.76 bits per heavy atom. The maximum atomic E-state index is 11.9. The maximum absolute atomic E-state index is 11.9. The number of aryl methyl sites for hydroxylation is 1. The Balaban J connectivity index is 1.84. The van der Waals surface area contributed by atoms with E-state index >= 15 is 0 Å². The first kappa shape index (κ1) is 15.6. The van der Waals surface area contributed by atoms with E-state index in [2.05, 4.69) is 15.3 Å². The van der Waals surface area contributed by atoms with Crippen molar-refractivity contribution in [3.05, 3.63) is 32.2 Å². The Morgan fingerprint density at radius 2 is 2.10 bits per heavy atom. The first-order chi connectivity index (χ1) is 10.1. The molecule has 0 atom stereocenters. The van der Waals surface area contributed by atoms with Crippen molar-refractivity contribution in [1.82, 2.24) is 15.3 Å². The summed E-state index contributed by atoms with van der Waals surface area (Å²) in [6.07, 6.45) is 0.680. The molecule has 0 aliphatic heterocycles. The van der Waals surface area contributed by atoms with Crippen LogP contribution in [-0.2, 0) is 11.2 Å². The van der Waals surface area contributed by atoms with Crippen LogP contribution in [0.4, 0.5) is 0 Å². The van der Waals surface area contributed by atoms with Crippen molar-refractivity contribution in [1.29, 1.82) is 0 Å². The van der Waals surface area contributed by atoms with Gasteiger partial charge in [0, 0.05) is 29.4 Å². The number of carbonyl (C=O) groups excluding carboxylic acids is 2. The van der Waals surface area contributed by atoms with Gasteiger partial charge in [0.1, 0.15) is 5.69 Å². The van der Waals surface area contributed by atoms with Gasteiger partial charge in [-0.2, -0.15) is 0 Å². The molecule has 1 amide bonds. The Morgan fingerprint density at radius 1 is 1.29 bits per heavy atom. The quantitative estimate of drug-likeness (QED) is 0.822. The van der Waals surface area contributed by atoms with Gasteiger partial charge in [0.2, 0.25) is 5.01 Å². The van der Waals surface area contributed by atoms with Gasteiger partial charge < -0.3 is 10.1 Å². The number of nitrogens with one attached hydrogen (secondary N) is 1. The fourth-order valence-corrected chi connectivity index (χ4v) is 3.02. The van der Waals surface area contributed by atoms with E-state index in [1.807, 2.05) is 12.3 Å². The van der Waals surface area contributed by atoms with E-state index in [0.29, 0.717) is 13.0 Å². The average molecular weight is 325 g/mol. The number of hydrogen-bond donors (Lipinski definition) is 1. The largest absolute Gasteiger partial charge is 0.461 e. The van der Waals surface area contributed by atoms with Crippen LogP contribution in [-0.4, -0.2) is 35.0 Å². The van der Waals surface area contributed by atoms with Gasteiger partial charge >= 0.3 is 5.97 Å². The molecular weight excluding hydrogens is 310 g/mol. The Hall–Kier alpha value is -1.80. The van der Waals surface area contributed by atoms with Gasteiger partial charge in [0.05, 0.1) is 11.6 Å². The van der Waals surface area contributed by atoms with E-state index in [4.69, 9.17) is 4.74 Å². The molecule has 0 aliphatic carbocycles. The molecule has 0 saturated heterocycles. The summed E-state index contributed by atoms with van der Waals surface area (Å²) < 4.78 is 4.83. The lowest BCUT2D eigenvalue weighted by atomic mass is 10.4. The average Bonchev–Trinajstić information content (AvgIpc) is 3.08. The van der Waals surface area contributed by atoms with E-state index in [-0.39, 0.29) is 23.2 Å². The molecule has 0 aliphatic rings. The molecule has 0 fully saturated rings. The van der Waals surface area contributed by atoms with Crippen molar-refractivity contribution in [3.8, 4) is 0 Å². The second-order valence-electron chi connectivity index (χ2n) is 4.15. The molecule has 21 heavy (non-hydrogen) atoms. The minimum atomic E-state index is -0.500. The third-order valence-electron chi connectivity index (χ3n) is 2.48. The standard InChI is InChI=1S/C13H15N3O3S2/c1-3-19-13(18)12-16-9(7-21-12)11(17)14-5-4-10-15-8(2)6-20-10/h6-7H,3-5H2,1-2H3,(H,14,17). The summed E-state index contributed by atoms with van der Waals surface area (Å²) in [6, 6.07) is 0. The highest BCUT2D eigenvalue weighted by atomic mass is 32.1. The van der Waals surface area contributed by atoms with Crippen LogP contribution < -0.4 is 5.32 Å². The second kappa shape index (κ2) is 7.28. The molecule has 0 radical (unpaired) electrons. The van der Waals surface area contributed by atoms with Gasteiger partial charge in [0.25, 0.3) is 5.91 Å². The first-order valence-corrected chi connectivity index (χ1v) is 8.18. The van der Waals surface area contributed by atoms with Gasteiger partial charge in [-0.05, 0) is 13.8 Å².